The summed E-state index contributed by atoms with van der Waals surface area (Å²) in [7, 11) is 1.59. The smallest absolute Gasteiger partial charge is 0.317 e. The molecule has 0 bridgehead atoms. The number of aliphatic carboxylic acids is 1. The van der Waals surface area contributed by atoms with Crippen molar-refractivity contribution in [2.75, 3.05) is 13.7 Å². The zero-order valence-electron chi connectivity index (χ0n) is 13.3. The third-order valence-electron chi connectivity index (χ3n) is 3.48. The minimum absolute atomic E-state index is 0.0755. The molecule has 2 aromatic carbocycles. The van der Waals surface area contributed by atoms with Gasteiger partial charge in [-0.25, -0.2) is 0 Å². The molecule has 0 aliphatic heterocycles. The van der Waals surface area contributed by atoms with Crippen LogP contribution in [0.5, 0.6) is 11.5 Å². The van der Waals surface area contributed by atoms with Gasteiger partial charge in [0.15, 0.2) is 11.5 Å². The standard InChI is InChI=1S/C18H21NO4/c1-13-5-3-4-6-15(13)12-23-16-8-7-14(9-17(16)22-2)10-19-11-18(20)21/h3-9,19H,10-12H2,1-2H3,(H,20,21). The Morgan fingerprint density at radius 2 is 1.96 bits per heavy atom. The maximum absolute atomic E-state index is 10.5. The number of hydrogen-bond donors (Lipinski definition) is 2. The van der Waals surface area contributed by atoms with E-state index in [-0.39, 0.29) is 6.54 Å². The van der Waals surface area contributed by atoms with Crippen LogP contribution in [0.15, 0.2) is 42.5 Å². The molecule has 0 fully saturated rings. The summed E-state index contributed by atoms with van der Waals surface area (Å²) in [6.07, 6.45) is 0. The highest BCUT2D eigenvalue weighted by Crippen LogP contribution is 2.29. The highest BCUT2D eigenvalue weighted by atomic mass is 16.5. The van der Waals surface area contributed by atoms with Crippen LogP contribution in [0.1, 0.15) is 16.7 Å². The van der Waals surface area contributed by atoms with Gasteiger partial charge in [0.2, 0.25) is 0 Å². The molecule has 0 aliphatic rings. The summed E-state index contributed by atoms with van der Waals surface area (Å²) in [6.45, 7) is 2.90. The first-order chi connectivity index (χ1) is 11.1. The molecule has 0 unspecified atom stereocenters. The highest BCUT2D eigenvalue weighted by molar-refractivity contribution is 5.69. The number of rotatable bonds is 8. The van der Waals surface area contributed by atoms with Crippen LogP contribution in [0.2, 0.25) is 0 Å². The lowest BCUT2D eigenvalue weighted by atomic mass is 10.1. The van der Waals surface area contributed by atoms with Gasteiger partial charge >= 0.3 is 5.97 Å². The molecule has 5 nitrogen and oxygen atoms in total. The van der Waals surface area contributed by atoms with E-state index in [0.717, 1.165) is 11.1 Å². The van der Waals surface area contributed by atoms with E-state index >= 15 is 0 Å². The minimum Gasteiger partial charge on any atom is -0.493 e. The van der Waals surface area contributed by atoms with E-state index in [1.807, 2.05) is 49.4 Å². The summed E-state index contributed by atoms with van der Waals surface area (Å²) in [5.41, 5.74) is 3.24. The molecule has 0 saturated heterocycles. The Labute approximate surface area is 135 Å². The Balaban J connectivity index is 2.01. The second kappa shape index (κ2) is 8.19. The molecule has 0 aromatic heterocycles. The quantitative estimate of drug-likeness (QED) is 0.784. The van der Waals surface area contributed by atoms with Crippen molar-refractivity contribution < 1.29 is 19.4 Å². The summed E-state index contributed by atoms with van der Waals surface area (Å²) in [5, 5.41) is 11.5. The van der Waals surface area contributed by atoms with Gasteiger partial charge in [-0.2, -0.15) is 0 Å². The highest BCUT2D eigenvalue weighted by Gasteiger charge is 2.07. The summed E-state index contributed by atoms with van der Waals surface area (Å²) in [4.78, 5) is 10.5. The molecule has 0 radical (unpaired) electrons. The molecule has 23 heavy (non-hydrogen) atoms. The van der Waals surface area contributed by atoms with E-state index < -0.39 is 5.97 Å². The van der Waals surface area contributed by atoms with Crippen molar-refractivity contribution in [1.29, 1.82) is 0 Å². The number of hydrogen-bond acceptors (Lipinski definition) is 4. The molecule has 0 aliphatic carbocycles. The first-order valence-corrected chi connectivity index (χ1v) is 7.37. The number of ether oxygens (including phenoxy) is 2. The molecular formula is C18H21NO4. The fourth-order valence-corrected chi connectivity index (χ4v) is 2.18. The second-order valence-electron chi connectivity index (χ2n) is 5.20. The topological polar surface area (TPSA) is 67.8 Å². The van der Waals surface area contributed by atoms with Gasteiger partial charge in [0, 0.05) is 6.54 Å². The summed E-state index contributed by atoms with van der Waals surface area (Å²) >= 11 is 0. The average Bonchev–Trinajstić information content (AvgIpc) is 2.54. The second-order valence-corrected chi connectivity index (χ2v) is 5.20. The van der Waals surface area contributed by atoms with E-state index in [9.17, 15) is 4.79 Å². The maximum Gasteiger partial charge on any atom is 0.317 e. The first-order valence-electron chi connectivity index (χ1n) is 7.37. The molecule has 0 spiro atoms. The lowest BCUT2D eigenvalue weighted by Crippen LogP contribution is -2.21. The van der Waals surface area contributed by atoms with Crippen molar-refractivity contribution in [3.05, 3.63) is 59.2 Å². The molecule has 0 amide bonds. The number of benzene rings is 2. The summed E-state index contributed by atoms with van der Waals surface area (Å²) < 4.78 is 11.2. The number of nitrogens with one attached hydrogen (secondary N) is 1. The van der Waals surface area contributed by atoms with Crippen LogP contribution in [0.3, 0.4) is 0 Å². The predicted molar refractivity (Wildman–Crippen MR) is 87.8 cm³/mol. The van der Waals surface area contributed by atoms with Crippen molar-refractivity contribution in [2.45, 2.75) is 20.1 Å². The van der Waals surface area contributed by atoms with Crippen molar-refractivity contribution in [3.8, 4) is 11.5 Å². The molecule has 122 valence electrons. The van der Waals surface area contributed by atoms with Crippen molar-refractivity contribution in [2.24, 2.45) is 0 Å². The fraction of sp³-hybridized carbons (Fsp3) is 0.278. The van der Waals surface area contributed by atoms with Gasteiger partial charge in [0.25, 0.3) is 0 Å². The Morgan fingerprint density at radius 1 is 1.17 bits per heavy atom. The summed E-state index contributed by atoms with van der Waals surface area (Å²) in [5.74, 6) is 0.418. The van der Waals surface area contributed by atoms with E-state index in [4.69, 9.17) is 14.6 Å². The number of methoxy groups -OCH3 is 1. The monoisotopic (exact) mass is 315 g/mol. The van der Waals surface area contributed by atoms with Gasteiger partial charge < -0.3 is 19.9 Å². The Kier molecular flexibility index (Phi) is 6.00. The van der Waals surface area contributed by atoms with Crippen LogP contribution in [0, 0.1) is 6.92 Å². The predicted octanol–water partition coefficient (Wildman–Crippen LogP) is 2.76. The largest absolute Gasteiger partial charge is 0.493 e. The molecule has 2 rings (SSSR count). The molecule has 0 atom stereocenters. The fourth-order valence-electron chi connectivity index (χ4n) is 2.18. The lowest BCUT2D eigenvalue weighted by Gasteiger charge is -2.13. The number of carbonyl (C=O) groups is 1. The van der Waals surface area contributed by atoms with E-state index in [1.165, 1.54) is 5.56 Å². The van der Waals surface area contributed by atoms with Gasteiger partial charge in [-0.15, -0.1) is 0 Å². The zero-order chi connectivity index (χ0) is 16.7. The molecule has 2 aromatic rings. The minimum atomic E-state index is -0.879. The third kappa shape index (κ3) is 5.00. The Morgan fingerprint density at radius 3 is 2.65 bits per heavy atom. The number of aryl methyl sites for hydroxylation is 1. The number of carboxylic acids is 1. The molecule has 2 N–H and O–H groups in total. The van der Waals surface area contributed by atoms with Crippen molar-refractivity contribution in [3.63, 3.8) is 0 Å². The normalized spacial score (nSPS) is 10.3. The van der Waals surface area contributed by atoms with Gasteiger partial charge in [-0.05, 0) is 35.7 Å². The van der Waals surface area contributed by atoms with E-state index in [1.54, 1.807) is 7.11 Å². The van der Waals surface area contributed by atoms with Crippen LogP contribution in [-0.2, 0) is 17.9 Å². The Bertz CT molecular complexity index is 670. The number of carboxylic acid groups (broad SMARTS) is 1. The first kappa shape index (κ1) is 16.8. The molecule has 5 heteroatoms. The molecule has 0 heterocycles. The van der Waals surface area contributed by atoms with E-state index in [0.29, 0.717) is 24.7 Å². The third-order valence-corrected chi connectivity index (χ3v) is 3.48. The van der Waals surface area contributed by atoms with Crippen molar-refractivity contribution in [1.82, 2.24) is 5.32 Å². The van der Waals surface area contributed by atoms with Gasteiger partial charge in [0.1, 0.15) is 6.61 Å². The van der Waals surface area contributed by atoms with E-state index in [2.05, 4.69) is 5.32 Å². The van der Waals surface area contributed by atoms with Gasteiger partial charge in [-0.3, -0.25) is 4.79 Å². The lowest BCUT2D eigenvalue weighted by molar-refractivity contribution is -0.135. The molecule has 0 saturated carbocycles. The van der Waals surface area contributed by atoms with Crippen LogP contribution in [-0.4, -0.2) is 24.7 Å². The Hall–Kier alpha value is -2.53. The van der Waals surface area contributed by atoms with Crippen LogP contribution < -0.4 is 14.8 Å². The zero-order valence-corrected chi connectivity index (χ0v) is 13.3. The average molecular weight is 315 g/mol. The molecular weight excluding hydrogens is 294 g/mol. The SMILES string of the molecule is COc1cc(CNCC(=O)O)ccc1OCc1ccccc1C. The van der Waals surface area contributed by atoms with Gasteiger partial charge in [0.05, 0.1) is 13.7 Å². The van der Waals surface area contributed by atoms with Gasteiger partial charge in [-0.1, -0.05) is 30.3 Å². The van der Waals surface area contributed by atoms with Crippen LogP contribution >= 0.6 is 0 Å². The van der Waals surface area contributed by atoms with Crippen molar-refractivity contribution >= 4 is 5.97 Å². The van der Waals surface area contributed by atoms with Crippen LogP contribution in [0.25, 0.3) is 0 Å². The van der Waals surface area contributed by atoms with Crippen LogP contribution in [0.4, 0.5) is 0 Å². The summed E-state index contributed by atoms with van der Waals surface area (Å²) in [6, 6.07) is 13.7. The maximum atomic E-state index is 10.5.